The highest BCUT2D eigenvalue weighted by Gasteiger charge is 2.11. The van der Waals surface area contributed by atoms with E-state index in [4.69, 9.17) is 5.73 Å². The van der Waals surface area contributed by atoms with Crippen molar-refractivity contribution in [1.82, 2.24) is 20.5 Å². The van der Waals surface area contributed by atoms with Crippen LogP contribution in [0.5, 0.6) is 0 Å². The van der Waals surface area contributed by atoms with Crippen molar-refractivity contribution in [3.05, 3.63) is 27.3 Å². The van der Waals surface area contributed by atoms with Crippen molar-refractivity contribution in [3.63, 3.8) is 0 Å². The average molecular weight is 265 g/mol. The molecule has 96 valence electrons. The third kappa shape index (κ3) is 2.67. The Morgan fingerprint density at radius 1 is 1.61 bits per heavy atom. The van der Waals surface area contributed by atoms with Gasteiger partial charge in [-0.2, -0.15) is 5.10 Å². The van der Waals surface area contributed by atoms with E-state index in [2.05, 4.69) is 27.4 Å². The highest BCUT2D eigenvalue weighted by Crippen LogP contribution is 2.18. The lowest BCUT2D eigenvalue weighted by Gasteiger charge is -2.02. The van der Waals surface area contributed by atoms with Crippen LogP contribution in [0.25, 0.3) is 0 Å². The normalized spacial score (nSPS) is 10.6. The smallest absolute Gasteiger partial charge is 0.269 e. The number of H-pyrrole nitrogens is 1. The number of thiazole rings is 1. The van der Waals surface area contributed by atoms with Crippen LogP contribution < -0.4 is 11.1 Å². The van der Waals surface area contributed by atoms with Gasteiger partial charge in [-0.05, 0) is 13.3 Å². The maximum absolute atomic E-state index is 11.8. The van der Waals surface area contributed by atoms with Crippen LogP contribution in [0.1, 0.15) is 33.0 Å². The Kier molecular flexibility index (Phi) is 3.61. The molecule has 4 N–H and O–H groups in total. The van der Waals surface area contributed by atoms with E-state index in [0.29, 0.717) is 18.1 Å². The van der Waals surface area contributed by atoms with Crippen LogP contribution in [-0.4, -0.2) is 21.1 Å². The highest BCUT2D eigenvalue weighted by molar-refractivity contribution is 7.11. The molecule has 0 aromatic carbocycles. The molecule has 0 fully saturated rings. The first-order valence-corrected chi connectivity index (χ1v) is 6.46. The fourth-order valence-corrected chi connectivity index (χ4v) is 2.60. The average Bonchev–Trinajstić information content (AvgIpc) is 2.92. The molecular weight excluding hydrogens is 250 g/mol. The van der Waals surface area contributed by atoms with Gasteiger partial charge in [0, 0.05) is 10.9 Å². The molecule has 0 aliphatic rings. The maximum Gasteiger partial charge on any atom is 0.269 e. The highest BCUT2D eigenvalue weighted by atomic mass is 32.1. The fraction of sp³-hybridized carbons (Fsp3) is 0.364. The van der Waals surface area contributed by atoms with E-state index in [-0.39, 0.29) is 5.91 Å². The molecule has 7 heteroatoms. The first-order chi connectivity index (χ1) is 8.60. The zero-order valence-electron chi connectivity index (χ0n) is 10.3. The van der Waals surface area contributed by atoms with E-state index < -0.39 is 0 Å². The molecule has 0 bridgehead atoms. The molecule has 6 nitrogen and oxygen atoms in total. The monoisotopic (exact) mass is 265 g/mol. The van der Waals surface area contributed by atoms with Gasteiger partial charge in [0.15, 0.2) is 0 Å². The molecule has 0 saturated heterocycles. The molecule has 0 aliphatic carbocycles. The van der Waals surface area contributed by atoms with Gasteiger partial charge in [-0.25, -0.2) is 4.98 Å². The first kappa shape index (κ1) is 12.6. The molecule has 18 heavy (non-hydrogen) atoms. The van der Waals surface area contributed by atoms with E-state index in [1.54, 1.807) is 11.3 Å². The van der Waals surface area contributed by atoms with Gasteiger partial charge in [0.2, 0.25) is 0 Å². The number of nitrogens with zero attached hydrogens (tertiary/aromatic N) is 2. The molecule has 0 unspecified atom stereocenters. The third-order valence-corrected chi connectivity index (χ3v) is 3.48. The summed E-state index contributed by atoms with van der Waals surface area (Å²) in [4.78, 5) is 17.3. The maximum atomic E-state index is 11.8. The van der Waals surface area contributed by atoms with E-state index in [1.807, 2.05) is 6.92 Å². The van der Waals surface area contributed by atoms with Crippen molar-refractivity contribution in [1.29, 1.82) is 0 Å². The first-order valence-electron chi connectivity index (χ1n) is 5.64. The summed E-state index contributed by atoms with van der Waals surface area (Å²) in [7, 11) is 0. The van der Waals surface area contributed by atoms with Crippen LogP contribution in [0.15, 0.2) is 6.07 Å². The molecule has 2 rings (SSSR count). The fourth-order valence-electron chi connectivity index (χ4n) is 1.64. The summed E-state index contributed by atoms with van der Waals surface area (Å²) < 4.78 is 0. The van der Waals surface area contributed by atoms with Crippen LogP contribution in [-0.2, 0) is 13.0 Å². The zero-order valence-corrected chi connectivity index (χ0v) is 11.1. The number of aromatic amines is 1. The summed E-state index contributed by atoms with van der Waals surface area (Å²) >= 11 is 1.60. The minimum atomic E-state index is -0.215. The van der Waals surface area contributed by atoms with Crippen molar-refractivity contribution < 1.29 is 4.79 Å². The number of rotatable bonds is 4. The summed E-state index contributed by atoms with van der Waals surface area (Å²) in [6.45, 7) is 4.49. The lowest BCUT2D eigenvalue weighted by Crippen LogP contribution is -2.23. The number of carbonyl (C=O) groups is 1. The van der Waals surface area contributed by atoms with E-state index in [9.17, 15) is 4.79 Å². The van der Waals surface area contributed by atoms with Crippen molar-refractivity contribution in [3.8, 4) is 0 Å². The number of anilines is 1. The number of hydrogen-bond donors (Lipinski definition) is 3. The van der Waals surface area contributed by atoms with Gasteiger partial charge in [-0.15, -0.1) is 11.3 Å². The molecule has 1 amide bonds. The van der Waals surface area contributed by atoms with Crippen LogP contribution in [0, 0.1) is 6.92 Å². The summed E-state index contributed by atoms with van der Waals surface area (Å²) in [5, 5.41) is 10.1. The third-order valence-electron chi connectivity index (χ3n) is 2.47. The quantitative estimate of drug-likeness (QED) is 0.775. The molecule has 2 aromatic heterocycles. The predicted molar refractivity (Wildman–Crippen MR) is 70.4 cm³/mol. The van der Waals surface area contributed by atoms with Crippen molar-refractivity contribution >= 4 is 23.1 Å². The largest absolute Gasteiger partial charge is 0.382 e. The van der Waals surface area contributed by atoms with E-state index in [0.717, 1.165) is 22.0 Å². The van der Waals surface area contributed by atoms with Gasteiger partial charge in [0.1, 0.15) is 11.5 Å². The molecular formula is C11H15N5OS. The summed E-state index contributed by atoms with van der Waals surface area (Å²) in [5.74, 6) is 0.0929. The Bertz CT molecular complexity index is 560. The van der Waals surface area contributed by atoms with E-state index >= 15 is 0 Å². The Morgan fingerprint density at radius 2 is 2.39 bits per heavy atom. The standard InChI is InChI=1S/C11H15N5OS/c1-3-7-9(18-6(2)14-7)5-13-11(17)8-4-10(12)16-15-8/h4H,3,5H2,1-2H3,(H,13,17)(H3,12,15,16). The number of nitrogen functional groups attached to an aromatic ring is 1. The van der Waals surface area contributed by atoms with Crippen LogP contribution in [0.2, 0.25) is 0 Å². The van der Waals surface area contributed by atoms with Gasteiger partial charge in [-0.3, -0.25) is 9.89 Å². The summed E-state index contributed by atoms with van der Waals surface area (Å²) in [5.41, 5.74) is 6.85. The van der Waals surface area contributed by atoms with Crippen molar-refractivity contribution in [2.45, 2.75) is 26.8 Å². The second kappa shape index (κ2) is 5.18. The molecule has 0 saturated carbocycles. The van der Waals surface area contributed by atoms with Crippen molar-refractivity contribution in [2.75, 3.05) is 5.73 Å². The topological polar surface area (TPSA) is 96.7 Å². The lowest BCUT2D eigenvalue weighted by molar-refractivity contribution is 0.0946. The number of carbonyl (C=O) groups excluding carboxylic acids is 1. The number of nitrogens with two attached hydrogens (primary N) is 1. The van der Waals surface area contributed by atoms with Gasteiger partial charge in [-0.1, -0.05) is 6.92 Å². The SMILES string of the molecule is CCc1nc(C)sc1CNC(=O)c1cc(N)n[nH]1. The number of amides is 1. The number of aryl methyl sites for hydroxylation is 2. The molecule has 0 spiro atoms. The van der Waals surface area contributed by atoms with Gasteiger partial charge < -0.3 is 11.1 Å². The van der Waals surface area contributed by atoms with Crippen LogP contribution in [0.3, 0.4) is 0 Å². The van der Waals surface area contributed by atoms with Crippen molar-refractivity contribution in [2.24, 2.45) is 0 Å². The summed E-state index contributed by atoms with van der Waals surface area (Å²) in [6.07, 6.45) is 0.868. The second-order valence-corrected chi connectivity index (χ2v) is 5.13. The van der Waals surface area contributed by atoms with Crippen LogP contribution in [0.4, 0.5) is 5.82 Å². The van der Waals surface area contributed by atoms with Crippen LogP contribution >= 0.6 is 11.3 Å². The van der Waals surface area contributed by atoms with Gasteiger partial charge in [0.05, 0.1) is 17.2 Å². The Balaban J connectivity index is 2.01. The van der Waals surface area contributed by atoms with E-state index in [1.165, 1.54) is 6.07 Å². The minimum Gasteiger partial charge on any atom is -0.382 e. The zero-order chi connectivity index (χ0) is 13.1. The molecule has 0 radical (unpaired) electrons. The summed E-state index contributed by atoms with van der Waals surface area (Å²) in [6, 6.07) is 1.51. The lowest BCUT2D eigenvalue weighted by atomic mass is 10.3. The minimum absolute atomic E-state index is 0.215. The Morgan fingerprint density at radius 3 is 3.00 bits per heavy atom. The number of hydrogen-bond acceptors (Lipinski definition) is 5. The molecule has 2 aromatic rings. The van der Waals surface area contributed by atoms with Gasteiger partial charge in [0.25, 0.3) is 5.91 Å². The molecule has 0 aliphatic heterocycles. The Hall–Kier alpha value is -1.89. The molecule has 2 heterocycles. The predicted octanol–water partition coefficient (Wildman–Crippen LogP) is 1.25. The second-order valence-electron chi connectivity index (χ2n) is 3.85. The number of nitrogens with one attached hydrogen (secondary N) is 2. The molecule has 0 atom stereocenters. The number of aromatic nitrogens is 3. The van der Waals surface area contributed by atoms with Gasteiger partial charge >= 0.3 is 0 Å². The Labute approximate surface area is 109 Å².